The minimum Gasteiger partial charge on any atom is -0.497 e. The number of aromatic nitrogens is 4. The molecule has 34 nitrogen and oxygen atoms in total. The van der Waals surface area contributed by atoms with Crippen LogP contribution in [0.25, 0.3) is 44.6 Å². The smallest absolute Gasteiger partial charge is 0.362 e. The van der Waals surface area contributed by atoms with Crippen LogP contribution in [-0.4, -0.2) is 195 Å². The average molecular weight is 2040 g/mol. The summed E-state index contributed by atoms with van der Waals surface area (Å²) in [7, 11) is -7.91. The van der Waals surface area contributed by atoms with Crippen LogP contribution in [0.1, 0.15) is 228 Å². The molecule has 13 rings (SSSR count). The number of Topliss-reactive ketones (excluding diaryl/α,β-unsaturated/α-hetero) is 2. The van der Waals surface area contributed by atoms with Gasteiger partial charge in [0.05, 0.1) is 126 Å². The zero-order chi connectivity index (χ0) is 100. The second-order valence-corrected chi connectivity index (χ2v) is 47.6. The molecular weight excluding hydrogens is 1910 g/mol. The van der Waals surface area contributed by atoms with Crippen molar-refractivity contribution in [1.82, 2.24) is 34.5 Å². The Kier molecular flexibility index (Phi) is 33.8. The number of nitrogens with two attached hydrogens (primary N) is 1. The van der Waals surface area contributed by atoms with Crippen LogP contribution in [0.5, 0.6) is 17.2 Å². The number of methoxy groups -OCH3 is 3. The lowest BCUT2D eigenvalue weighted by molar-refractivity contribution is -0.161. The van der Waals surface area contributed by atoms with E-state index in [2.05, 4.69) is 64.4 Å². The van der Waals surface area contributed by atoms with E-state index in [-0.39, 0.29) is 85.6 Å². The molecule has 0 radical (unpaired) electrons. The van der Waals surface area contributed by atoms with E-state index in [0.717, 1.165) is 34.3 Å². The Bertz CT molecular complexity index is 5950. The van der Waals surface area contributed by atoms with E-state index in [4.69, 9.17) is 46.8 Å². The Morgan fingerprint density at radius 2 is 1.06 bits per heavy atom. The molecule has 6 fully saturated rings. The van der Waals surface area contributed by atoms with Gasteiger partial charge in [0.25, 0.3) is 10.1 Å². The molecule has 10 atom stereocenters. The van der Waals surface area contributed by atoms with Gasteiger partial charge in [-0.1, -0.05) is 84.2 Å². The number of pyridine rings is 2. The predicted molar refractivity (Wildman–Crippen MR) is 517 cm³/mol. The van der Waals surface area contributed by atoms with Crippen molar-refractivity contribution >= 4 is 149 Å². The van der Waals surface area contributed by atoms with Crippen LogP contribution in [0.4, 0.5) is 10.3 Å². The number of hydrogen-bond acceptors (Lipinski definition) is 31. The van der Waals surface area contributed by atoms with Crippen molar-refractivity contribution in [3.05, 3.63) is 98.3 Å². The Morgan fingerprint density at radius 1 is 0.593 bits per heavy atom. The summed E-state index contributed by atoms with van der Waals surface area (Å²) in [6.45, 7) is 36.7. The largest absolute Gasteiger partial charge is 0.497 e. The Hall–Kier alpha value is -9.13. The number of aromatic amines is 1. The lowest BCUT2D eigenvalue weighted by Crippen LogP contribution is -2.49. The molecular formula is C95H131BrN10O24S5. The summed E-state index contributed by atoms with van der Waals surface area (Å²) in [6, 6.07) is 18.5. The molecule has 3 aromatic carbocycles. The minimum atomic E-state index is -4.44. The second kappa shape index (κ2) is 42.3. The Labute approximate surface area is 808 Å². The van der Waals surface area contributed by atoms with E-state index >= 15 is 0 Å². The van der Waals surface area contributed by atoms with Crippen LogP contribution in [-0.2, 0) is 95.8 Å². The standard InChI is InChI=1S/C44H61N5O10S2.C31H44BrNO9S.C16H17N3O2S.C4H9NO3S/c1-12-26-21-44(26,39(53)48-61(54,55)59-43(10)15-16-43)22-35(50)34-18-28(23-49(34)38(52)30(41(4,5)6)19-37(51)58-42(7,8)9)57-36-20-32(33-24-60-40(47-33)45-25(2)3)46-31-17-27(56-11)13-14-29(31)36;1-9-19-16-31(19,28(37)40-8)17-25(34)24-14-21(42-43(38,39)22-12-10-20(32)11-13-22)18-33(24)27(36)23(29(2,3)4)15-26(35)41-30(5,6)7;1-9(2)17-16-19-14(8-22-16)13-7-15(20)11-5-4-10(21-3)6-12(11)18-13;1-4(2-3-4)8-9(5,6)7/h13-14,17,20,24-26,28,30,34H,12,15-16,18-19,21-23H2,1-11H3,(H,45,47)(H,48,53);10-13,19,21,23-24H,9,14-18H2,1-8H3;4-9H,1-3H3,(H,17,19)(H,18,20);2-3H2,1H3,(H2,5,6,7)/t26-,28-,30-,34?,44-;19-,21+,23-,24+,31-;;/m11../s1. The fraction of sp³-hybridized carbons (Fsp3) is 0.600. The number of benzene rings is 3. The molecule has 135 heavy (non-hydrogen) atoms. The molecule has 3 amide bonds. The number of carbonyl (C=O) groups excluding carboxylic acids is 8. The van der Waals surface area contributed by atoms with Gasteiger partial charge in [-0.25, -0.2) is 29.0 Å². The molecule has 6 N–H and O–H groups in total. The maximum Gasteiger partial charge on any atom is 0.362 e. The number of H-pyrrole nitrogens is 1. The van der Waals surface area contributed by atoms with Crippen LogP contribution >= 0.6 is 38.6 Å². The Balaban J connectivity index is 0.000000218. The predicted octanol–water partition coefficient (Wildman–Crippen LogP) is 15.5. The molecule has 4 saturated carbocycles. The highest BCUT2D eigenvalue weighted by Gasteiger charge is 2.64. The number of carbonyl (C=O) groups is 8. The van der Waals surface area contributed by atoms with E-state index in [1.807, 2.05) is 92.1 Å². The van der Waals surface area contributed by atoms with Gasteiger partial charge in [-0.15, -0.1) is 22.7 Å². The summed E-state index contributed by atoms with van der Waals surface area (Å²) in [4.78, 5) is 143. The molecule has 40 heteroatoms. The van der Waals surface area contributed by atoms with Gasteiger partial charge in [-0.05, 0) is 193 Å². The van der Waals surface area contributed by atoms with E-state index < -0.39 is 152 Å². The van der Waals surface area contributed by atoms with Gasteiger partial charge >= 0.3 is 38.5 Å². The molecule has 4 aromatic heterocycles. The summed E-state index contributed by atoms with van der Waals surface area (Å²) < 4.78 is 124. The number of halogens is 1. The van der Waals surface area contributed by atoms with Crippen molar-refractivity contribution in [2.45, 2.75) is 292 Å². The van der Waals surface area contributed by atoms with E-state index in [0.29, 0.717) is 99.7 Å². The van der Waals surface area contributed by atoms with Crippen molar-refractivity contribution in [1.29, 1.82) is 0 Å². The van der Waals surface area contributed by atoms with Crippen molar-refractivity contribution < 1.29 is 105 Å². The number of hydrogen-bond donors (Lipinski definition) is 5. The summed E-state index contributed by atoms with van der Waals surface area (Å²) in [5, 5.41) is 17.9. The summed E-state index contributed by atoms with van der Waals surface area (Å²) in [6.07, 6.45) is 2.13. The number of rotatable bonds is 34. The highest BCUT2D eigenvalue weighted by atomic mass is 79.9. The first kappa shape index (κ1) is 108. The first-order chi connectivity index (χ1) is 62.5. The fourth-order valence-electron chi connectivity index (χ4n) is 16.6. The fourth-order valence-corrected chi connectivity index (χ4v) is 21.6. The number of ketones is 2. The maximum absolute atomic E-state index is 14.9. The van der Waals surface area contributed by atoms with Gasteiger partial charge in [0.2, 0.25) is 17.7 Å². The number of ether oxygens (including phenoxy) is 6. The summed E-state index contributed by atoms with van der Waals surface area (Å²) in [5.41, 5.74) is -2.59. The van der Waals surface area contributed by atoms with Crippen LogP contribution < -0.4 is 40.1 Å². The molecule has 742 valence electrons. The number of nitrogens with one attached hydrogen (secondary N) is 4. The van der Waals surface area contributed by atoms with Crippen LogP contribution in [0.3, 0.4) is 0 Å². The highest BCUT2D eigenvalue weighted by Crippen LogP contribution is 2.60. The third-order valence-corrected chi connectivity index (χ3v) is 29.5. The first-order valence-corrected chi connectivity index (χ1v) is 52.1. The van der Waals surface area contributed by atoms with Gasteiger partial charge in [0.1, 0.15) is 40.2 Å². The highest BCUT2D eigenvalue weighted by molar-refractivity contribution is 9.10. The van der Waals surface area contributed by atoms with Crippen molar-refractivity contribution in [3.8, 4) is 40.0 Å². The Morgan fingerprint density at radius 3 is 1.52 bits per heavy atom. The quantitative estimate of drug-likeness (QED) is 0.0142. The molecule has 0 spiro atoms. The number of thiazole rings is 2. The van der Waals surface area contributed by atoms with Gasteiger partial charge in [0.15, 0.2) is 27.3 Å². The number of fused-ring (bicyclic) bond motifs is 2. The van der Waals surface area contributed by atoms with Gasteiger partial charge in [-0.3, -0.25) is 51.5 Å². The number of anilines is 2. The molecule has 2 saturated heterocycles. The van der Waals surface area contributed by atoms with E-state index in [1.54, 1.807) is 118 Å². The lowest BCUT2D eigenvalue weighted by atomic mass is 9.77. The molecule has 4 aliphatic carbocycles. The zero-order valence-corrected chi connectivity index (χ0v) is 86.9. The number of nitrogens with zero attached hydrogens (tertiary/aromatic N) is 5. The number of amides is 3. The van der Waals surface area contributed by atoms with Crippen LogP contribution in [0, 0.1) is 45.3 Å². The molecule has 6 heterocycles. The van der Waals surface area contributed by atoms with Crippen LogP contribution in [0.2, 0.25) is 0 Å². The molecule has 1 unspecified atom stereocenters. The van der Waals surface area contributed by atoms with Crippen LogP contribution in [0.15, 0.2) is 97.7 Å². The van der Waals surface area contributed by atoms with E-state index in [9.17, 15) is 68.4 Å². The molecule has 0 bridgehead atoms. The van der Waals surface area contributed by atoms with Gasteiger partial charge < -0.3 is 53.8 Å². The van der Waals surface area contributed by atoms with Gasteiger partial charge in [-0.2, -0.15) is 25.3 Å². The van der Waals surface area contributed by atoms with Crippen molar-refractivity contribution in [3.63, 3.8) is 0 Å². The van der Waals surface area contributed by atoms with Crippen molar-refractivity contribution in [2.75, 3.05) is 45.1 Å². The average Bonchev–Trinajstić information content (AvgIpc) is 1.57. The minimum absolute atomic E-state index is 0.00179. The van der Waals surface area contributed by atoms with E-state index in [1.165, 1.54) is 51.7 Å². The normalized spacial score (nSPS) is 21.6. The maximum atomic E-state index is 14.9. The topological polar surface area (TPSA) is 462 Å². The molecule has 6 aliphatic rings. The number of esters is 3. The summed E-state index contributed by atoms with van der Waals surface area (Å²) in [5.74, 6) is -4.27. The number of likely N-dealkylation sites (tertiary alicyclic amines) is 2. The first-order valence-electron chi connectivity index (χ1n) is 45.3. The third kappa shape index (κ3) is 29.0. The summed E-state index contributed by atoms with van der Waals surface area (Å²) >= 11 is 6.26. The lowest BCUT2D eigenvalue weighted by Gasteiger charge is -2.35. The second-order valence-electron chi connectivity index (χ2n) is 40.9. The van der Waals surface area contributed by atoms with Gasteiger partial charge in [0, 0.05) is 94.6 Å². The molecule has 7 aromatic rings. The molecule has 2 aliphatic heterocycles. The SMILES string of the molecule is CC1(OS(N)(=O)=O)CC1.CC[C@@H]1C[C@]1(CC(=O)C1C[C@@H](Oc2cc(-c3csc(NC(C)C)n3)nc3cc(OC)ccc23)CN1C(=O)[C@@H](CC(=O)OC(C)(C)C)C(C)(C)C)C(=O)NS(=O)(=O)OC1(C)CC1.CC[C@@H]1C[C@]1(CC(=O)[C@@H]1C[C@H](OS(=O)(=O)c2ccc(Br)cc2)CN1C(=O)[C@@H](CC(=O)OC(C)(C)C)C(C)(C)C)C(=O)OC.COc1ccc2c(=O)cc(-c3csc(NC(C)C)n3)[nH]c2c1. The van der Waals surface area contributed by atoms with Crippen molar-refractivity contribution in [2.24, 2.45) is 50.5 Å². The zero-order valence-electron chi connectivity index (χ0n) is 81.2. The third-order valence-electron chi connectivity index (χ3n) is 24.4. The monoisotopic (exact) mass is 2030 g/mol.